The van der Waals surface area contributed by atoms with Gasteiger partial charge in [0, 0.05) is 33.8 Å². The number of nitrogens with zero attached hydrogens (tertiary/aromatic N) is 4. The van der Waals surface area contributed by atoms with Crippen LogP contribution in [0.5, 0.6) is 0 Å². The van der Waals surface area contributed by atoms with Crippen LogP contribution in [-0.4, -0.2) is 23.1 Å². The smallest absolute Gasteiger partial charge is 0.175 e. The molecule has 0 aliphatic heterocycles. The minimum absolute atomic E-state index is 0.109. The van der Waals surface area contributed by atoms with Crippen LogP contribution in [-0.2, 0) is 0 Å². The molecule has 0 atom stereocenters. The maximum absolute atomic E-state index is 9.35. The van der Waals surface area contributed by atoms with Crippen LogP contribution in [0.1, 0.15) is 11.4 Å². The van der Waals surface area contributed by atoms with Crippen molar-refractivity contribution in [3.8, 4) is 12.1 Å². The fourth-order valence-corrected chi connectivity index (χ4v) is 3.89. The molecule has 0 fully saturated rings. The van der Waals surface area contributed by atoms with Crippen LogP contribution < -0.4 is 10.7 Å². The molecule has 0 aliphatic carbocycles. The van der Waals surface area contributed by atoms with Crippen molar-refractivity contribution < 1.29 is 0 Å². The van der Waals surface area contributed by atoms with E-state index >= 15 is 0 Å². The maximum atomic E-state index is 9.35. The van der Waals surface area contributed by atoms with Gasteiger partial charge in [-0.2, -0.15) is 10.5 Å². The fraction of sp³-hybridized carbons (Fsp3) is 0.0833. The summed E-state index contributed by atoms with van der Waals surface area (Å²) in [6, 6.07) is 24.1. The molecule has 0 aliphatic rings. The summed E-state index contributed by atoms with van der Waals surface area (Å²) in [5.74, 6) is 0. The number of aromatic amines is 1. The topological polar surface area (TPSA) is 101 Å². The molecule has 5 rings (SSSR count). The molecule has 0 radical (unpaired) electrons. The zero-order chi connectivity index (χ0) is 20.5. The number of anilines is 1. The summed E-state index contributed by atoms with van der Waals surface area (Å²) in [6.07, 6.45) is 0. The second kappa shape index (κ2) is 7.20. The van der Waals surface area contributed by atoms with Crippen molar-refractivity contribution in [3.05, 3.63) is 77.4 Å². The SMILES string of the molecule is N#Cc1nc2c3cccc4c(=NCCNc5ccccc5)ccc(c2[nH]c1C#N)c43. The molecule has 0 saturated carbocycles. The lowest BCUT2D eigenvalue weighted by Crippen LogP contribution is -2.09. The number of H-pyrrole nitrogens is 1. The summed E-state index contributed by atoms with van der Waals surface area (Å²) in [5.41, 5.74) is 2.84. The number of para-hydroxylation sites is 1. The highest BCUT2D eigenvalue weighted by Gasteiger charge is 2.16. The van der Waals surface area contributed by atoms with Crippen molar-refractivity contribution in [2.45, 2.75) is 0 Å². The molecule has 30 heavy (non-hydrogen) atoms. The lowest BCUT2D eigenvalue weighted by molar-refractivity contribution is 0.988. The second-order valence-electron chi connectivity index (χ2n) is 6.94. The minimum Gasteiger partial charge on any atom is -0.383 e. The molecule has 0 amide bonds. The average Bonchev–Trinajstić information content (AvgIpc) is 3.12. The molecule has 5 aromatic rings. The van der Waals surface area contributed by atoms with E-state index in [0.717, 1.165) is 44.7 Å². The van der Waals surface area contributed by atoms with Crippen LogP contribution in [0.4, 0.5) is 5.69 Å². The highest BCUT2D eigenvalue weighted by atomic mass is 14.9. The fourth-order valence-electron chi connectivity index (χ4n) is 3.89. The normalized spacial score (nSPS) is 11.7. The quantitative estimate of drug-likeness (QED) is 0.453. The maximum Gasteiger partial charge on any atom is 0.175 e. The molecule has 0 unspecified atom stereocenters. The zero-order valence-electron chi connectivity index (χ0n) is 16.0. The summed E-state index contributed by atoms with van der Waals surface area (Å²) in [6.45, 7) is 1.38. The predicted molar refractivity (Wildman–Crippen MR) is 117 cm³/mol. The minimum atomic E-state index is 0.109. The summed E-state index contributed by atoms with van der Waals surface area (Å²) in [7, 11) is 0. The number of aromatic nitrogens is 2. The van der Waals surface area contributed by atoms with E-state index < -0.39 is 0 Å². The van der Waals surface area contributed by atoms with E-state index in [0.29, 0.717) is 12.1 Å². The van der Waals surface area contributed by atoms with Crippen molar-refractivity contribution in [1.82, 2.24) is 9.97 Å². The zero-order valence-corrected chi connectivity index (χ0v) is 16.0. The Hall–Kier alpha value is -4.42. The number of fused-ring (bicyclic) bond motifs is 3. The third kappa shape index (κ3) is 2.80. The molecule has 142 valence electrons. The van der Waals surface area contributed by atoms with E-state index in [-0.39, 0.29) is 11.4 Å². The van der Waals surface area contributed by atoms with Gasteiger partial charge >= 0.3 is 0 Å². The van der Waals surface area contributed by atoms with E-state index in [9.17, 15) is 10.5 Å². The molecular formula is C24H16N6. The number of rotatable bonds is 4. The van der Waals surface area contributed by atoms with Crippen LogP contribution in [0.2, 0.25) is 0 Å². The third-order valence-corrected chi connectivity index (χ3v) is 5.20. The first-order chi connectivity index (χ1) is 14.8. The highest BCUT2D eigenvalue weighted by molar-refractivity contribution is 6.27. The standard InChI is InChI=1S/C24H16N6/c25-13-20-21(14-26)30-24-18-9-10-19(28-12-11-27-15-5-2-1-3-6-15)16-7-4-8-17(22(16)18)23(24)29-20/h1-10,27,30H,11-12H2. The van der Waals surface area contributed by atoms with Gasteiger partial charge in [0.2, 0.25) is 0 Å². The molecule has 1 aromatic heterocycles. The van der Waals surface area contributed by atoms with Gasteiger partial charge in [0.1, 0.15) is 12.1 Å². The Morgan fingerprint density at radius 3 is 2.53 bits per heavy atom. The summed E-state index contributed by atoms with van der Waals surface area (Å²) in [4.78, 5) is 12.4. The number of nitrogens with one attached hydrogen (secondary N) is 2. The van der Waals surface area contributed by atoms with Gasteiger partial charge in [0.05, 0.1) is 22.9 Å². The van der Waals surface area contributed by atoms with Gasteiger partial charge in [-0.25, -0.2) is 4.98 Å². The first-order valence-electron chi connectivity index (χ1n) is 9.60. The van der Waals surface area contributed by atoms with Gasteiger partial charge in [-0.1, -0.05) is 42.5 Å². The van der Waals surface area contributed by atoms with E-state index in [1.165, 1.54) is 0 Å². The molecule has 0 bridgehead atoms. The molecular weight excluding hydrogens is 372 g/mol. The molecule has 6 heteroatoms. The van der Waals surface area contributed by atoms with Gasteiger partial charge < -0.3 is 10.3 Å². The van der Waals surface area contributed by atoms with Crippen molar-refractivity contribution in [2.24, 2.45) is 4.99 Å². The van der Waals surface area contributed by atoms with Crippen LogP contribution in [0.3, 0.4) is 0 Å². The largest absolute Gasteiger partial charge is 0.383 e. The van der Waals surface area contributed by atoms with Gasteiger partial charge in [0.15, 0.2) is 11.4 Å². The monoisotopic (exact) mass is 388 g/mol. The third-order valence-electron chi connectivity index (χ3n) is 5.20. The Morgan fingerprint density at radius 1 is 0.900 bits per heavy atom. The lowest BCUT2D eigenvalue weighted by atomic mass is 10.1. The first-order valence-corrected chi connectivity index (χ1v) is 9.60. The Kier molecular flexibility index (Phi) is 4.24. The van der Waals surface area contributed by atoms with Crippen molar-refractivity contribution in [3.63, 3.8) is 0 Å². The molecule has 0 spiro atoms. The number of hydrogen-bond donors (Lipinski definition) is 2. The van der Waals surface area contributed by atoms with Gasteiger partial charge in [-0.15, -0.1) is 0 Å². The predicted octanol–water partition coefficient (Wildman–Crippen LogP) is 4.06. The number of hydrogen-bond acceptors (Lipinski definition) is 5. The average molecular weight is 388 g/mol. The Bertz CT molecular complexity index is 1480. The Labute approximate surface area is 172 Å². The van der Waals surface area contributed by atoms with E-state index in [1.807, 2.05) is 72.8 Å². The highest BCUT2D eigenvalue weighted by Crippen LogP contribution is 2.35. The Balaban J connectivity index is 1.61. The van der Waals surface area contributed by atoms with Crippen LogP contribution in [0.15, 0.2) is 65.7 Å². The van der Waals surface area contributed by atoms with Crippen molar-refractivity contribution >= 4 is 38.3 Å². The lowest BCUT2D eigenvalue weighted by Gasteiger charge is -2.04. The van der Waals surface area contributed by atoms with Gasteiger partial charge in [-0.05, 0) is 18.2 Å². The van der Waals surface area contributed by atoms with Crippen LogP contribution >= 0.6 is 0 Å². The molecule has 0 saturated heterocycles. The first kappa shape index (κ1) is 17.7. The van der Waals surface area contributed by atoms with Gasteiger partial charge in [-0.3, -0.25) is 4.99 Å². The number of nitriles is 2. The van der Waals surface area contributed by atoms with Crippen molar-refractivity contribution in [2.75, 3.05) is 18.4 Å². The van der Waals surface area contributed by atoms with E-state index in [2.05, 4.69) is 15.3 Å². The van der Waals surface area contributed by atoms with Gasteiger partial charge in [0.25, 0.3) is 0 Å². The number of benzene rings is 3. The van der Waals surface area contributed by atoms with E-state index in [4.69, 9.17) is 4.99 Å². The second-order valence-corrected chi connectivity index (χ2v) is 6.94. The summed E-state index contributed by atoms with van der Waals surface area (Å²) in [5, 5.41) is 27.0. The Morgan fingerprint density at radius 2 is 1.73 bits per heavy atom. The van der Waals surface area contributed by atoms with Crippen LogP contribution in [0.25, 0.3) is 32.6 Å². The summed E-state index contributed by atoms with van der Waals surface area (Å²) >= 11 is 0. The molecule has 2 N–H and O–H groups in total. The molecule has 4 aromatic carbocycles. The van der Waals surface area contributed by atoms with E-state index in [1.54, 1.807) is 0 Å². The molecule has 6 nitrogen and oxygen atoms in total. The van der Waals surface area contributed by atoms with Crippen molar-refractivity contribution in [1.29, 1.82) is 10.5 Å². The molecule has 1 heterocycles. The summed E-state index contributed by atoms with van der Waals surface area (Å²) < 4.78 is 0. The van der Waals surface area contributed by atoms with Crippen LogP contribution in [0, 0.1) is 22.7 Å².